The van der Waals surface area contributed by atoms with Crippen molar-refractivity contribution < 1.29 is 30.0 Å². The molecule has 0 atom stereocenters. The van der Waals surface area contributed by atoms with Crippen LogP contribution in [0.15, 0.2) is 66.7 Å². The summed E-state index contributed by atoms with van der Waals surface area (Å²) in [4.78, 5) is 24.0. The van der Waals surface area contributed by atoms with Gasteiger partial charge in [-0.15, -0.1) is 51.8 Å². The molecule has 0 saturated heterocycles. The molecule has 6 rings (SSSR count). The molecule has 0 aliphatic rings. The van der Waals surface area contributed by atoms with Gasteiger partial charge in [-0.2, -0.15) is 0 Å². The molecule has 7 heteroatoms. The minimum atomic E-state index is -0.337. The first-order chi connectivity index (χ1) is 22.7. The predicted molar refractivity (Wildman–Crippen MR) is 209 cm³/mol. The summed E-state index contributed by atoms with van der Waals surface area (Å²) >= 11 is 3.61. The third-order valence-corrected chi connectivity index (χ3v) is 12.6. The van der Waals surface area contributed by atoms with Gasteiger partial charge < -0.3 is 5.11 Å². The van der Waals surface area contributed by atoms with Crippen LogP contribution in [-0.2, 0) is 30.3 Å². The number of fused-ring (bicyclic) bond motifs is 6. The van der Waals surface area contributed by atoms with Crippen LogP contribution < -0.4 is 0 Å². The molecular formula is C42H49IrN2O2S2-. The van der Waals surface area contributed by atoms with E-state index in [1.807, 2.05) is 52.9 Å². The van der Waals surface area contributed by atoms with Crippen LogP contribution in [-0.4, -0.2) is 20.9 Å². The second kappa shape index (κ2) is 15.1. The van der Waals surface area contributed by atoms with Crippen molar-refractivity contribution in [3.63, 3.8) is 0 Å². The molecule has 0 amide bonds. The third kappa shape index (κ3) is 7.56. The standard InChI is InChI=1S/C27H21N2S2.C15H28O2.Ir/c1-15-11-17-9-10-21-22(25(17)30-15)23-24(28-14-29-26(23)31-21)18-12-16-7-5-6-8-19(16)20(13-18)27(2,3)4;1-7-14(5,8-2)12(16)11-13(17)15(6,9-3)10-4;/h5-11,13-14H,1-4H3;11,16H,7-10H2,1-6H3;/q-1;;/b;12-11-;. The first kappa shape index (κ1) is 38.8. The fourth-order valence-corrected chi connectivity index (χ4v) is 8.36. The molecule has 3 heterocycles. The first-order valence-electron chi connectivity index (χ1n) is 17.2. The van der Waals surface area contributed by atoms with E-state index in [9.17, 15) is 9.90 Å². The number of rotatable bonds is 8. The molecule has 0 saturated carbocycles. The Labute approximate surface area is 313 Å². The second-order valence-electron chi connectivity index (χ2n) is 14.5. The van der Waals surface area contributed by atoms with Gasteiger partial charge in [-0.3, -0.25) is 9.78 Å². The topological polar surface area (TPSA) is 63.1 Å². The fraction of sp³-hybridized carbons (Fsp3) is 0.405. The molecule has 4 nitrogen and oxygen atoms in total. The Morgan fingerprint density at radius 1 is 0.857 bits per heavy atom. The summed E-state index contributed by atoms with van der Waals surface area (Å²) in [6.07, 6.45) is 6.45. The summed E-state index contributed by atoms with van der Waals surface area (Å²) in [5.41, 5.74) is 2.76. The molecule has 0 bridgehead atoms. The minimum Gasteiger partial charge on any atom is -0.512 e. The molecule has 49 heavy (non-hydrogen) atoms. The van der Waals surface area contributed by atoms with Crippen LogP contribution >= 0.6 is 22.7 Å². The SMILES string of the molecule is CCC(C)(CC)C(=O)/C=C(\O)C(C)(CC)CC.Cc1cc2ccc3sc4ncnc(-c5[c-]c6ccccc6c(C(C)(C)C)c5)c4c3c2s1.[Ir]. The Hall–Kier alpha value is -2.96. The van der Waals surface area contributed by atoms with E-state index in [0.29, 0.717) is 0 Å². The van der Waals surface area contributed by atoms with E-state index in [0.717, 1.165) is 52.5 Å². The number of hydrogen-bond donors (Lipinski definition) is 1. The normalized spacial score (nSPS) is 12.7. The molecule has 6 aromatic rings. The number of aliphatic hydroxyl groups is 1. The van der Waals surface area contributed by atoms with Gasteiger partial charge in [0.1, 0.15) is 16.9 Å². The molecule has 261 valence electrons. The zero-order valence-corrected chi connectivity index (χ0v) is 34.5. The Kier molecular flexibility index (Phi) is 12.0. The number of aromatic nitrogens is 2. The van der Waals surface area contributed by atoms with Crippen molar-refractivity contribution in [3.05, 3.63) is 83.2 Å². The van der Waals surface area contributed by atoms with Crippen molar-refractivity contribution in [1.82, 2.24) is 9.97 Å². The van der Waals surface area contributed by atoms with Gasteiger partial charge >= 0.3 is 0 Å². The van der Waals surface area contributed by atoms with Gasteiger partial charge in [0.15, 0.2) is 5.78 Å². The maximum Gasteiger partial charge on any atom is 0.164 e. The van der Waals surface area contributed by atoms with Crippen LogP contribution in [0.5, 0.6) is 0 Å². The molecule has 0 unspecified atom stereocenters. The molecule has 0 aliphatic carbocycles. The maximum absolute atomic E-state index is 12.2. The number of ketones is 1. The predicted octanol–water partition coefficient (Wildman–Crippen LogP) is 12.9. The third-order valence-electron chi connectivity index (χ3n) is 10.5. The molecule has 1 radical (unpaired) electrons. The molecular weight excluding hydrogens is 821 g/mol. The number of carbonyl (C=O) groups excluding carboxylic acids is 1. The summed E-state index contributed by atoms with van der Waals surface area (Å²) in [6.45, 7) is 21.1. The zero-order valence-electron chi connectivity index (χ0n) is 30.5. The Balaban J connectivity index is 0.000000260. The molecule has 0 fully saturated rings. The van der Waals surface area contributed by atoms with Gasteiger partial charge in [-0.1, -0.05) is 97.5 Å². The van der Waals surface area contributed by atoms with Crippen LogP contribution in [0.25, 0.3) is 52.4 Å². The van der Waals surface area contributed by atoms with Gasteiger partial charge in [0.2, 0.25) is 0 Å². The van der Waals surface area contributed by atoms with Crippen molar-refractivity contribution in [1.29, 1.82) is 0 Å². The second-order valence-corrected chi connectivity index (χ2v) is 16.8. The summed E-state index contributed by atoms with van der Waals surface area (Å²) in [7, 11) is 0. The van der Waals surface area contributed by atoms with E-state index >= 15 is 0 Å². The number of nitrogens with zero attached hydrogens (tertiary/aromatic N) is 2. The summed E-state index contributed by atoms with van der Waals surface area (Å²) < 4.78 is 2.59. The van der Waals surface area contributed by atoms with Gasteiger partial charge in [0.05, 0.1) is 0 Å². The van der Waals surface area contributed by atoms with E-state index in [4.69, 9.17) is 4.98 Å². The largest absolute Gasteiger partial charge is 0.512 e. The molecule has 3 aromatic heterocycles. The van der Waals surface area contributed by atoms with Crippen molar-refractivity contribution in [2.45, 2.75) is 100 Å². The Morgan fingerprint density at radius 3 is 2.14 bits per heavy atom. The quantitative estimate of drug-likeness (QED) is 0.0940. The van der Waals surface area contributed by atoms with Crippen molar-refractivity contribution >= 4 is 69.6 Å². The zero-order chi connectivity index (χ0) is 35.0. The number of hydrogen-bond acceptors (Lipinski definition) is 6. The van der Waals surface area contributed by atoms with Crippen molar-refractivity contribution in [3.8, 4) is 11.3 Å². The average Bonchev–Trinajstić information content (AvgIpc) is 3.66. The number of thiophene rings is 2. The van der Waals surface area contributed by atoms with Crippen LogP contribution in [0, 0.1) is 23.8 Å². The number of aryl methyl sites for hydroxylation is 1. The smallest absolute Gasteiger partial charge is 0.164 e. The monoisotopic (exact) mass is 870 g/mol. The molecule has 1 N–H and O–H groups in total. The van der Waals surface area contributed by atoms with E-state index in [-0.39, 0.29) is 47.9 Å². The summed E-state index contributed by atoms with van der Waals surface area (Å²) in [5, 5.41) is 16.3. The van der Waals surface area contributed by atoms with Crippen LogP contribution in [0.1, 0.15) is 98.4 Å². The minimum absolute atomic E-state index is 0. The number of aliphatic hydroxyl groups excluding tert-OH is 1. The van der Waals surface area contributed by atoms with Gasteiger partial charge in [-0.05, 0) is 55.5 Å². The van der Waals surface area contributed by atoms with Crippen LogP contribution in [0.4, 0.5) is 0 Å². The fourth-order valence-electron chi connectivity index (χ4n) is 6.18. The number of carbonyl (C=O) groups is 1. The van der Waals surface area contributed by atoms with E-state index in [1.165, 1.54) is 42.1 Å². The van der Waals surface area contributed by atoms with E-state index in [2.05, 4.69) is 87.3 Å². The van der Waals surface area contributed by atoms with E-state index in [1.54, 1.807) is 17.7 Å². The van der Waals surface area contributed by atoms with Gasteiger partial charge in [-0.25, -0.2) is 4.98 Å². The Bertz CT molecular complexity index is 2140. The van der Waals surface area contributed by atoms with Crippen LogP contribution in [0.3, 0.4) is 0 Å². The average molecular weight is 870 g/mol. The van der Waals surface area contributed by atoms with Crippen LogP contribution in [0.2, 0.25) is 0 Å². The number of benzene rings is 3. The van der Waals surface area contributed by atoms with Gasteiger partial charge in [0, 0.05) is 67.8 Å². The number of allylic oxidation sites excluding steroid dienone is 2. The Morgan fingerprint density at radius 2 is 1.51 bits per heavy atom. The summed E-state index contributed by atoms with van der Waals surface area (Å²) in [6, 6.07) is 21.2. The molecule has 0 aliphatic heterocycles. The summed E-state index contributed by atoms with van der Waals surface area (Å²) in [5.74, 6) is 0.286. The van der Waals surface area contributed by atoms with Crippen molar-refractivity contribution in [2.75, 3.05) is 0 Å². The van der Waals surface area contributed by atoms with Gasteiger partial charge in [0.25, 0.3) is 0 Å². The molecule has 3 aromatic carbocycles. The molecule has 0 spiro atoms. The van der Waals surface area contributed by atoms with E-state index < -0.39 is 0 Å². The van der Waals surface area contributed by atoms with Crippen molar-refractivity contribution in [2.24, 2.45) is 10.8 Å². The maximum atomic E-state index is 12.2. The first-order valence-corrected chi connectivity index (χ1v) is 18.8.